The van der Waals surface area contributed by atoms with Crippen LogP contribution in [0.5, 0.6) is 5.75 Å². The van der Waals surface area contributed by atoms with Gasteiger partial charge in [0.25, 0.3) is 0 Å². The molecule has 0 aromatic heterocycles. The molecular formula is C8H7NO5. The van der Waals surface area contributed by atoms with Crippen LogP contribution in [0.25, 0.3) is 0 Å². The van der Waals surface area contributed by atoms with Crippen molar-refractivity contribution in [3.05, 3.63) is 33.4 Å². The zero-order valence-electron chi connectivity index (χ0n) is 7.22. The Balaban J connectivity index is 3.43. The van der Waals surface area contributed by atoms with Crippen LogP contribution >= 0.6 is 0 Å². The van der Waals surface area contributed by atoms with Gasteiger partial charge in [-0.2, -0.15) is 0 Å². The first-order valence-electron chi connectivity index (χ1n) is 3.64. The van der Waals surface area contributed by atoms with E-state index in [1.807, 2.05) is 0 Å². The second-order valence-electron chi connectivity index (χ2n) is 2.72. The number of aromatic carboxylic acids is 1. The van der Waals surface area contributed by atoms with Gasteiger partial charge < -0.3 is 10.2 Å². The van der Waals surface area contributed by atoms with Gasteiger partial charge >= 0.3 is 11.7 Å². The molecule has 0 fully saturated rings. The van der Waals surface area contributed by atoms with E-state index in [2.05, 4.69) is 0 Å². The Hall–Kier alpha value is -2.11. The smallest absolute Gasteiger partial charge is 0.335 e. The number of hydrogen-bond acceptors (Lipinski definition) is 4. The maximum Gasteiger partial charge on any atom is 0.335 e. The summed E-state index contributed by atoms with van der Waals surface area (Å²) in [5.74, 6) is -1.77. The molecule has 0 bridgehead atoms. The third-order valence-corrected chi connectivity index (χ3v) is 1.72. The Morgan fingerprint density at radius 3 is 2.50 bits per heavy atom. The zero-order valence-corrected chi connectivity index (χ0v) is 7.22. The van der Waals surface area contributed by atoms with Crippen LogP contribution in [-0.2, 0) is 0 Å². The van der Waals surface area contributed by atoms with Crippen molar-refractivity contribution in [2.24, 2.45) is 0 Å². The van der Waals surface area contributed by atoms with E-state index in [9.17, 15) is 20.0 Å². The molecule has 0 saturated carbocycles. The molecule has 0 unspecified atom stereocenters. The predicted molar refractivity (Wildman–Crippen MR) is 46.5 cm³/mol. The summed E-state index contributed by atoms with van der Waals surface area (Å²) in [4.78, 5) is 20.1. The van der Waals surface area contributed by atoms with E-state index in [0.29, 0.717) is 0 Å². The van der Waals surface area contributed by atoms with E-state index < -0.39 is 22.3 Å². The fraction of sp³-hybridized carbons (Fsp3) is 0.125. The van der Waals surface area contributed by atoms with Gasteiger partial charge in [-0.3, -0.25) is 10.1 Å². The molecule has 0 aliphatic rings. The number of carboxylic acids is 1. The predicted octanol–water partition coefficient (Wildman–Crippen LogP) is 1.31. The summed E-state index contributed by atoms with van der Waals surface area (Å²) in [5.41, 5.74) is -0.647. The number of aromatic hydroxyl groups is 1. The summed E-state index contributed by atoms with van der Waals surface area (Å²) in [5, 5.41) is 28.2. The number of benzene rings is 1. The minimum Gasteiger partial charge on any atom is -0.502 e. The summed E-state index contributed by atoms with van der Waals surface area (Å²) in [6.07, 6.45) is 0. The average Bonchev–Trinajstić information content (AvgIpc) is 2.08. The van der Waals surface area contributed by atoms with Gasteiger partial charge in [-0.25, -0.2) is 4.79 Å². The molecule has 0 aliphatic carbocycles. The maximum atomic E-state index is 10.5. The van der Waals surface area contributed by atoms with E-state index in [1.165, 1.54) is 13.0 Å². The highest BCUT2D eigenvalue weighted by atomic mass is 16.6. The molecule has 0 heterocycles. The molecule has 0 saturated heterocycles. The number of aryl methyl sites for hydroxylation is 1. The molecule has 14 heavy (non-hydrogen) atoms. The van der Waals surface area contributed by atoms with Crippen LogP contribution in [0.1, 0.15) is 15.9 Å². The summed E-state index contributed by atoms with van der Waals surface area (Å²) in [7, 11) is 0. The quantitative estimate of drug-likeness (QED) is 0.549. The number of phenolic OH excluding ortho intramolecular Hbond substituents is 1. The maximum absolute atomic E-state index is 10.5. The molecule has 0 amide bonds. The monoisotopic (exact) mass is 197 g/mol. The van der Waals surface area contributed by atoms with E-state index in [-0.39, 0.29) is 11.1 Å². The molecule has 6 nitrogen and oxygen atoms in total. The topological polar surface area (TPSA) is 101 Å². The minimum absolute atomic E-state index is 0.164. The molecule has 74 valence electrons. The fourth-order valence-corrected chi connectivity index (χ4v) is 1.02. The first-order valence-corrected chi connectivity index (χ1v) is 3.64. The van der Waals surface area contributed by atoms with Gasteiger partial charge in [-0.15, -0.1) is 0 Å². The van der Waals surface area contributed by atoms with Crippen LogP contribution in [0.15, 0.2) is 12.1 Å². The molecule has 2 N–H and O–H groups in total. The zero-order chi connectivity index (χ0) is 10.9. The van der Waals surface area contributed by atoms with Gasteiger partial charge in [0, 0.05) is 6.07 Å². The molecular weight excluding hydrogens is 190 g/mol. The van der Waals surface area contributed by atoms with Crippen LogP contribution in [0, 0.1) is 17.0 Å². The molecule has 1 rings (SSSR count). The molecule has 0 radical (unpaired) electrons. The third kappa shape index (κ3) is 1.63. The van der Waals surface area contributed by atoms with Gasteiger partial charge in [0.05, 0.1) is 10.5 Å². The second-order valence-corrected chi connectivity index (χ2v) is 2.72. The number of hydrogen-bond donors (Lipinski definition) is 2. The highest BCUT2D eigenvalue weighted by Gasteiger charge is 2.19. The van der Waals surface area contributed by atoms with Crippen LogP contribution < -0.4 is 0 Å². The third-order valence-electron chi connectivity index (χ3n) is 1.72. The first-order chi connectivity index (χ1) is 6.43. The van der Waals surface area contributed by atoms with Crippen LogP contribution in [0.3, 0.4) is 0 Å². The van der Waals surface area contributed by atoms with E-state index in [0.717, 1.165) is 6.07 Å². The fourth-order valence-electron chi connectivity index (χ4n) is 1.02. The van der Waals surface area contributed by atoms with E-state index >= 15 is 0 Å². The summed E-state index contributed by atoms with van der Waals surface area (Å²) < 4.78 is 0. The van der Waals surface area contributed by atoms with Gasteiger partial charge in [0.1, 0.15) is 0 Å². The van der Waals surface area contributed by atoms with Crippen molar-refractivity contribution < 1.29 is 19.9 Å². The van der Waals surface area contributed by atoms with Gasteiger partial charge in [0.15, 0.2) is 5.75 Å². The van der Waals surface area contributed by atoms with E-state index in [1.54, 1.807) is 0 Å². The Kier molecular flexibility index (Phi) is 2.37. The number of carboxylic acid groups (broad SMARTS) is 1. The van der Waals surface area contributed by atoms with E-state index in [4.69, 9.17) is 5.11 Å². The van der Waals surface area contributed by atoms with Crippen molar-refractivity contribution in [3.8, 4) is 5.75 Å². The number of nitro groups is 1. The lowest BCUT2D eigenvalue weighted by molar-refractivity contribution is -0.385. The molecule has 0 spiro atoms. The highest BCUT2D eigenvalue weighted by molar-refractivity contribution is 5.89. The normalized spacial score (nSPS) is 9.79. The number of nitro benzene ring substituents is 1. The molecule has 1 aromatic rings. The molecule has 1 aromatic carbocycles. The molecule has 0 atom stereocenters. The van der Waals surface area contributed by atoms with Crippen LogP contribution in [0.4, 0.5) is 5.69 Å². The Bertz CT molecular complexity index is 412. The lowest BCUT2D eigenvalue weighted by Gasteiger charge is -2.01. The van der Waals surface area contributed by atoms with Crippen molar-refractivity contribution in [3.63, 3.8) is 0 Å². The molecule has 0 aliphatic heterocycles. The van der Waals surface area contributed by atoms with Crippen molar-refractivity contribution in [1.82, 2.24) is 0 Å². The highest BCUT2D eigenvalue weighted by Crippen LogP contribution is 2.30. The number of nitrogens with zero attached hydrogens (tertiary/aromatic N) is 1. The van der Waals surface area contributed by atoms with Gasteiger partial charge in [-0.1, -0.05) is 0 Å². The summed E-state index contributed by atoms with van der Waals surface area (Å²) >= 11 is 0. The SMILES string of the molecule is Cc1cc(C(=O)O)cc([N+](=O)[O-])c1O. The second kappa shape index (κ2) is 3.33. The van der Waals surface area contributed by atoms with Gasteiger partial charge in [0.2, 0.25) is 0 Å². The standard InChI is InChI=1S/C8H7NO5/c1-4-2-5(8(11)12)3-6(7(4)10)9(13)14/h2-3,10H,1H3,(H,11,12). The van der Waals surface area contributed by atoms with Crippen molar-refractivity contribution in [1.29, 1.82) is 0 Å². The number of carbonyl (C=O) groups is 1. The van der Waals surface area contributed by atoms with Crippen LogP contribution in [0.2, 0.25) is 0 Å². The molecule has 6 heteroatoms. The first kappa shape index (κ1) is 9.97. The summed E-state index contributed by atoms with van der Waals surface area (Å²) in [6.45, 7) is 1.40. The van der Waals surface area contributed by atoms with Crippen molar-refractivity contribution >= 4 is 11.7 Å². The average molecular weight is 197 g/mol. The van der Waals surface area contributed by atoms with Crippen molar-refractivity contribution in [2.45, 2.75) is 6.92 Å². The Morgan fingerprint density at radius 1 is 1.50 bits per heavy atom. The lowest BCUT2D eigenvalue weighted by Crippen LogP contribution is -1.99. The lowest BCUT2D eigenvalue weighted by atomic mass is 10.1. The van der Waals surface area contributed by atoms with Crippen molar-refractivity contribution in [2.75, 3.05) is 0 Å². The Morgan fingerprint density at radius 2 is 2.07 bits per heavy atom. The largest absolute Gasteiger partial charge is 0.502 e. The minimum atomic E-state index is -1.27. The Labute approximate surface area is 78.6 Å². The van der Waals surface area contributed by atoms with Crippen LogP contribution in [-0.4, -0.2) is 21.1 Å². The summed E-state index contributed by atoms with van der Waals surface area (Å²) in [6, 6.07) is 2.00. The number of phenols is 1. The number of rotatable bonds is 2. The van der Waals surface area contributed by atoms with Gasteiger partial charge in [-0.05, 0) is 18.6 Å².